The normalized spacial score (nSPS) is 25.7. The first kappa shape index (κ1) is 16.0. The van der Waals surface area contributed by atoms with Gasteiger partial charge in [0.1, 0.15) is 0 Å². The lowest BCUT2D eigenvalue weighted by atomic mass is 9.83. The van der Waals surface area contributed by atoms with Gasteiger partial charge in [0.15, 0.2) is 0 Å². The Morgan fingerprint density at radius 2 is 2.10 bits per heavy atom. The van der Waals surface area contributed by atoms with Gasteiger partial charge >= 0.3 is 0 Å². The molecule has 0 aromatic heterocycles. The van der Waals surface area contributed by atoms with Crippen molar-refractivity contribution in [2.45, 2.75) is 51.8 Å². The van der Waals surface area contributed by atoms with Gasteiger partial charge in [-0.1, -0.05) is 18.2 Å². The van der Waals surface area contributed by atoms with Crippen molar-refractivity contribution in [3.8, 4) is 0 Å². The highest BCUT2D eigenvalue weighted by Gasteiger charge is 2.32. The molecule has 1 saturated carbocycles. The Morgan fingerprint density at radius 1 is 1.38 bits per heavy atom. The largest absolute Gasteiger partial charge is 0.391 e. The van der Waals surface area contributed by atoms with Crippen LogP contribution in [0, 0.1) is 19.8 Å². The molecule has 4 nitrogen and oxygen atoms in total. The molecule has 4 heteroatoms. The van der Waals surface area contributed by atoms with Crippen LogP contribution in [-0.4, -0.2) is 35.1 Å². The summed E-state index contributed by atoms with van der Waals surface area (Å²) in [5.41, 5.74) is 9.46. The van der Waals surface area contributed by atoms with Gasteiger partial charge in [0.25, 0.3) is 0 Å². The fraction of sp³-hybridized carbons (Fsp3) is 0.588. The number of aliphatic hydroxyl groups excluding tert-OH is 1. The summed E-state index contributed by atoms with van der Waals surface area (Å²) >= 11 is 0. The zero-order chi connectivity index (χ0) is 15.6. The standard InChI is InChI=1S/C17H26N2O2/c1-11-5-4-6-14(12(11)2)10-19(3)17(21)13-7-8-15(18)16(20)9-13/h4-6,13,15-16,20H,7-10,18H2,1-3H3/t13-,15-,16-/m0/s1. The maximum atomic E-state index is 12.5. The van der Waals surface area contributed by atoms with E-state index in [0.29, 0.717) is 13.0 Å². The third kappa shape index (κ3) is 3.63. The molecule has 1 fully saturated rings. The lowest BCUT2D eigenvalue weighted by molar-refractivity contribution is -0.137. The predicted octanol–water partition coefficient (Wildman–Crippen LogP) is 1.75. The third-order valence-corrected chi connectivity index (χ3v) is 4.72. The molecule has 1 aromatic rings. The van der Waals surface area contributed by atoms with Crippen molar-refractivity contribution < 1.29 is 9.90 Å². The van der Waals surface area contributed by atoms with Gasteiger partial charge in [-0.25, -0.2) is 0 Å². The molecule has 0 saturated heterocycles. The molecule has 0 aliphatic heterocycles. The number of hydrogen-bond acceptors (Lipinski definition) is 3. The minimum atomic E-state index is -0.554. The number of hydrogen-bond donors (Lipinski definition) is 2. The second kappa shape index (κ2) is 6.58. The summed E-state index contributed by atoms with van der Waals surface area (Å²) < 4.78 is 0. The van der Waals surface area contributed by atoms with E-state index in [1.807, 2.05) is 13.1 Å². The van der Waals surface area contributed by atoms with Crippen LogP contribution in [-0.2, 0) is 11.3 Å². The van der Waals surface area contributed by atoms with Crippen molar-refractivity contribution in [1.82, 2.24) is 4.90 Å². The number of benzene rings is 1. The van der Waals surface area contributed by atoms with E-state index < -0.39 is 6.10 Å². The van der Waals surface area contributed by atoms with Crippen LogP contribution in [0.4, 0.5) is 0 Å². The molecular weight excluding hydrogens is 264 g/mol. The number of aliphatic hydroxyl groups is 1. The maximum Gasteiger partial charge on any atom is 0.225 e. The zero-order valence-electron chi connectivity index (χ0n) is 13.2. The number of nitrogens with two attached hydrogens (primary N) is 1. The second-order valence-corrected chi connectivity index (χ2v) is 6.29. The van der Waals surface area contributed by atoms with Gasteiger partial charge in [-0.3, -0.25) is 4.79 Å². The molecular formula is C17H26N2O2. The summed E-state index contributed by atoms with van der Waals surface area (Å²) in [5.74, 6) is 0.0109. The van der Waals surface area contributed by atoms with E-state index in [9.17, 15) is 9.90 Å². The van der Waals surface area contributed by atoms with Crippen LogP contribution in [0.5, 0.6) is 0 Å². The molecule has 0 unspecified atom stereocenters. The molecule has 0 heterocycles. The Bertz CT molecular complexity index is 516. The predicted molar refractivity (Wildman–Crippen MR) is 83.7 cm³/mol. The van der Waals surface area contributed by atoms with Gasteiger partial charge in [0, 0.05) is 25.6 Å². The average molecular weight is 290 g/mol. The number of aryl methyl sites for hydroxylation is 1. The zero-order valence-corrected chi connectivity index (χ0v) is 13.2. The van der Waals surface area contributed by atoms with Crippen molar-refractivity contribution >= 4 is 5.91 Å². The maximum absolute atomic E-state index is 12.5. The Balaban J connectivity index is 2.01. The van der Waals surface area contributed by atoms with Crippen molar-refractivity contribution in [1.29, 1.82) is 0 Å². The highest BCUT2D eigenvalue weighted by Crippen LogP contribution is 2.26. The number of amides is 1. The summed E-state index contributed by atoms with van der Waals surface area (Å²) in [4.78, 5) is 14.3. The Hall–Kier alpha value is -1.39. The Labute approximate surface area is 126 Å². The lowest BCUT2D eigenvalue weighted by Gasteiger charge is -2.32. The van der Waals surface area contributed by atoms with Crippen LogP contribution >= 0.6 is 0 Å². The highest BCUT2D eigenvalue weighted by molar-refractivity contribution is 5.78. The SMILES string of the molecule is Cc1cccc(CN(C)C(=O)[C@H]2CC[C@H](N)[C@@H](O)C2)c1C. The summed E-state index contributed by atoms with van der Waals surface area (Å²) in [5, 5.41) is 9.85. The van der Waals surface area contributed by atoms with E-state index in [1.54, 1.807) is 4.90 Å². The smallest absolute Gasteiger partial charge is 0.225 e. The molecule has 2 rings (SSSR count). The van der Waals surface area contributed by atoms with Gasteiger partial charge < -0.3 is 15.7 Å². The van der Waals surface area contributed by atoms with Crippen LogP contribution in [0.2, 0.25) is 0 Å². The molecule has 0 spiro atoms. The van der Waals surface area contributed by atoms with E-state index in [1.165, 1.54) is 16.7 Å². The van der Waals surface area contributed by atoms with Gasteiger partial charge in [-0.15, -0.1) is 0 Å². The fourth-order valence-electron chi connectivity index (χ4n) is 3.02. The summed E-state index contributed by atoms with van der Waals surface area (Å²) in [6.07, 6.45) is 1.42. The van der Waals surface area contributed by atoms with Crippen molar-refractivity contribution in [3.63, 3.8) is 0 Å². The van der Waals surface area contributed by atoms with E-state index >= 15 is 0 Å². The molecule has 1 aliphatic rings. The minimum Gasteiger partial charge on any atom is -0.391 e. The molecule has 1 aliphatic carbocycles. The van der Waals surface area contributed by atoms with Crippen LogP contribution in [0.25, 0.3) is 0 Å². The first-order chi connectivity index (χ1) is 9.90. The second-order valence-electron chi connectivity index (χ2n) is 6.29. The van der Waals surface area contributed by atoms with Crippen LogP contribution in [0.3, 0.4) is 0 Å². The number of carbonyl (C=O) groups is 1. The van der Waals surface area contributed by atoms with Gasteiger partial charge in [0.2, 0.25) is 5.91 Å². The third-order valence-electron chi connectivity index (χ3n) is 4.72. The number of rotatable bonds is 3. The first-order valence-electron chi connectivity index (χ1n) is 7.64. The number of carbonyl (C=O) groups excluding carboxylic acids is 1. The molecule has 1 aromatic carbocycles. The topological polar surface area (TPSA) is 66.6 Å². The van der Waals surface area contributed by atoms with E-state index in [2.05, 4.69) is 26.0 Å². The average Bonchev–Trinajstić information content (AvgIpc) is 2.46. The van der Waals surface area contributed by atoms with Gasteiger partial charge in [-0.2, -0.15) is 0 Å². The van der Waals surface area contributed by atoms with Crippen LogP contribution in [0.1, 0.15) is 36.0 Å². The van der Waals surface area contributed by atoms with E-state index in [4.69, 9.17) is 5.73 Å². The van der Waals surface area contributed by atoms with Crippen LogP contribution in [0.15, 0.2) is 18.2 Å². The van der Waals surface area contributed by atoms with E-state index in [0.717, 1.165) is 12.8 Å². The Morgan fingerprint density at radius 3 is 2.76 bits per heavy atom. The highest BCUT2D eigenvalue weighted by atomic mass is 16.3. The quantitative estimate of drug-likeness (QED) is 0.891. The molecule has 3 atom stereocenters. The molecule has 0 bridgehead atoms. The Kier molecular flexibility index (Phi) is 5.01. The number of nitrogens with zero attached hydrogens (tertiary/aromatic N) is 1. The van der Waals surface area contributed by atoms with Gasteiger partial charge in [0.05, 0.1) is 6.10 Å². The van der Waals surface area contributed by atoms with Crippen LogP contribution < -0.4 is 5.73 Å². The lowest BCUT2D eigenvalue weighted by Crippen LogP contribution is -2.44. The molecule has 3 N–H and O–H groups in total. The van der Waals surface area contributed by atoms with E-state index in [-0.39, 0.29) is 17.9 Å². The van der Waals surface area contributed by atoms with Crippen molar-refractivity contribution in [2.24, 2.45) is 11.7 Å². The molecule has 0 radical (unpaired) electrons. The molecule has 21 heavy (non-hydrogen) atoms. The summed E-state index contributed by atoms with van der Waals surface area (Å²) in [7, 11) is 1.84. The van der Waals surface area contributed by atoms with Crippen molar-refractivity contribution in [2.75, 3.05) is 7.05 Å². The fourth-order valence-corrected chi connectivity index (χ4v) is 3.02. The minimum absolute atomic E-state index is 0.102. The molecule has 116 valence electrons. The monoisotopic (exact) mass is 290 g/mol. The summed E-state index contributed by atoms with van der Waals surface area (Å²) in [6, 6.07) is 6.00. The summed E-state index contributed by atoms with van der Waals surface area (Å²) in [6.45, 7) is 4.79. The first-order valence-corrected chi connectivity index (χ1v) is 7.64. The van der Waals surface area contributed by atoms with Crippen molar-refractivity contribution in [3.05, 3.63) is 34.9 Å². The molecule has 1 amide bonds. The van der Waals surface area contributed by atoms with Gasteiger partial charge in [-0.05, 0) is 49.8 Å².